The second-order valence-corrected chi connectivity index (χ2v) is 6.35. The molecular formula is C19H27BrO2. The molecule has 0 aliphatic rings. The maximum absolute atomic E-state index is 11.6. The van der Waals surface area contributed by atoms with Crippen LogP contribution in [0.2, 0.25) is 0 Å². The Morgan fingerprint density at radius 3 is 2.09 bits per heavy atom. The first-order chi connectivity index (χ1) is 10.6. The Labute approximate surface area is 143 Å². The number of halogens is 1. The van der Waals surface area contributed by atoms with Gasteiger partial charge in [-0.25, -0.2) is 4.79 Å². The van der Waals surface area contributed by atoms with Crippen molar-refractivity contribution in [3.05, 3.63) is 39.4 Å². The zero-order chi connectivity index (χ0) is 16.4. The zero-order valence-electron chi connectivity index (χ0n) is 14.0. The molecule has 0 spiro atoms. The molecule has 0 fully saturated rings. The average molecular weight is 367 g/mol. The van der Waals surface area contributed by atoms with Crippen LogP contribution in [0.3, 0.4) is 0 Å². The lowest BCUT2D eigenvalue weighted by molar-refractivity contribution is -0.137. The van der Waals surface area contributed by atoms with Crippen molar-refractivity contribution < 1.29 is 9.53 Å². The van der Waals surface area contributed by atoms with Crippen LogP contribution in [-0.2, 0) is 22.4 Å². The van der Waals surface area contributed by atoms with Gasteiger partial charge in [-0.05, 0) is 67.5 Å². The highest BCUT2D eigenvalue weighted by Gasteiger charge is 2.09. The molecule has 122 valence electrons. The Bertz CT molecular complexity index is 477. The summed E-state index contributed by atoms with van der Waals surface area (Å²) in [5, 5.41) is 0. The molecule has 0 N–H and O–H groups in total. The minimum atomic E-state index is -0.270. The normalized spacial score (nSPS) is 11.1. The van der Waals surface area contributed by atoms with Gasteiger partial charge in [0.2, 0.25) is 0 Å². The molecule has 0 amide bonds. The molecule has 0 atom stereocenters. The lowest BCUT2D eigenvalue weighted by Crippen LogP contribution is -2.01. The summed E-state index contributed by atoms with van der Waals surface area (Å²) in [5.74, 6) is -0.270. The zero-order valence-corrected chi connectivity index (χ0v) is 15.5. The van der Waals surface area contributed by atoms with Crippen LogP contribution in [0.5, 0.6) is 0 Å². The summed E-state index contributed by atoms with van der Waals surface area (Å²) in [4.78, 5) is 11.6. The van der Waals surface area contributed by atoms with Crippen molar-refractivity contribution in [1.29, 1.82) is 0 Å². The van der Waals surface area contributed by atoms with Crippen LogP contribution in [-0.4, -0.2) is 12.6 Å². The largest absolute Gasteiger partial charge is 0.463 e. The third kappa shape index (κ3) is 6.35. The Balaban J connectivity index is 3.12. The van der Waals surface area contributed by atoms with Gasteiger partial charge in [-0.1, -0.05) is 42.6 Å². The molecule has 0 bridgehead atoms. The van der Waals surface area contributed by atoms with Gasteiger partial charge >= 0.3 is 5.97 Å². The Morgan fingerprint density at radius 2 is 1.64 bits per heavy atom. The highest BCUT2D eigenvalue weighted by molar-refractivity contribution is 9.10. The van der Waals surface area contributed by atoms with E-state index in [9.17, 15) is 4.79 Å². The first-order valence-electron chi connectivity index (χ1n) is 8.28. The summed E-state index contributed by atoms with van der Waals surface area (Å²) in [6.07, 6.45) is 10.2. The molecule has 0 aliphatic carbocycles. The number of esters is 1. The number of aryl methyl sites for hydroxylation is 2. The minimum Gasteiger partial charge on any atom is -0.463 e. The van der Waals surface area contributed by atoms with E-state index >= 15 is 0 Å². The van der Waals surface area contributed by atoms with Gasteiger partial charge in [0, 0.05) is 10.5 Å². The summed E-state index contributed by atoms with van der Waals surface area (Å²) in [5.41, 5.74) is 3.81. The van der Waals surface area contributed by atoms with E-state index in [0.717, 1.165) is 43.0 Å². The van der Waals surface area contributed by atoms with Crippen molar-refractivity contribution in [2.24, 2.45) is 0 Å². The molecule has 1 aromatic rings. The molecule has 3 heteroatoms. The predicted octanol–water partition coefficient (Wildman–Crippen LogP) is 5.71. The maximum Gasteiger partial charge on any atom is 0.330 e. The molecule has 0 unspecified atom stereocenters. The highest BCUT2D eigenvalue weighted by atomic mass is 79.9. The number of hydrogen-bond donors (Lipinski definition) is 0. The van der Waals surface area contributed by atoms with Crippen molar-refractivity contribution in [2.75, 3.05) is 6.61 Å². The quantitative estimate of drug-likeness (QED) is 0.413. The fourth-order valence-corrected chi connectivity index (χ4v) is 2.99. The average Bonchev–Trinajstić information content (AvgIpc) is 2.49. The summed E-state index contributed by atoms with van der Waals surface area (Å²) in [6, 6.07) is 4.35. The van der Waals surface area contributed by atoms with Gasteiger partial charge in [0.1, 0.15) is 0 Å². The minimum absolute atomic E-state index is 0.270. The van der Waals surface area contributed by atoms with E-state index in [-0.39, 0.29) is 5.97 Å². The summed E-state index contributed by atoms with van der Waals surface area (Å²) in [7, 11) is 0. The van der Waals surface area contributed by atoms with Crippen molar-refractivity contribution >= 4 is 28.0 Å². The second-order valence-electron chi connectivity index (χ2n) is 5.43. The Kier molecular flexibility index (Phi) is 9.14. The number of rotatable bonds is 9. The van der Waals surface area contributed by atoms with Crippen LogP contribution in [0.25, 0.3) is 6.08 Å². The van der Waals surface area contributed by atoms with Gasteiger partial charge in [0.25, 0.3) is 0 Å². The number of unbranched alkanes of at least 4 members (excludes halogenated alkanes) is 2. The predicted molar refractivity (Wildman–Crippen MR) is 97.0 cm³/mol. The first kappa shape index (κ1) is 19.0. The third-order valence-corrected chi connectivity index (χ3v) is 4.05. The van der Waals surface area contributed by atoms with E-state index in [1.54, 1.807) is 6.08 Å². The van der Waals surface area contributed by atoms with Crippen LogP contribution >= 0.6 is 15.9 Å². The number of benzene rings is 1. The van der Waals surface area contributed by atoms with Crippen LogP contribution in [0.15, 0.2) is 22.7 Å². The molecule has 2 nitrogen and oxygen atoms in total. The second kappa shape index (κ2) is 10.6. The van der Waals surface area contributed by atoms with Gasteiger partial charge in [0.15, 0.2) is 0 Å². The van der Waals surface area contributed by atoms with E-state index < -0.39 is 0 Å². The molecule has 1 rings (SSSR count). The van der Waals surface area contributed by atoms with Crippen LogP contribution in [0.1, 0.15) is 63.1 Å². The number of carbonyl (C=O) groups excluding carboxylic acids is 1. The standard InChI is InChI=1S/C19H27BrO2/c1-4-7-9-15-13-17(20)14-16(10-8-5-2)18(15)11-12-19(21)22-6-3/h11-14H,4-10H2,1-3H3/b12-11+. The SMILES string of the molecule is CCCCc1cc(Br)cc(CCCC)c1/C=C/C(=O)OCC. The number of carbonyl (C=O) groups is 1. The Morgan fingerprint density at radius 1 is 1.09 bits per heavy atom. The molecule has 0 aromatic heterocycles. The van der Waals surface area contributed by atoms with Gasteiger partial charge in [-0.15, -0.1) is 0 Å². The third-order valence-electron chi connectivity index (χ3n) is 3.59. The van der Waals surface area contributed by atoms with Crippen molar-refractivity contribution in [1.82, 2.24) is 0 Å². The molecule has 22 heavy (non-hydrogen) atoms. The molecule has 1 aromatic carbocycles. The topological polar surface area (TPSA) is 26.3 Å². The van der Waals surface area contributed by atoms with Crippen molar-refractivity contribution in [3.8, 4) is 0 Å². The smallest absolute Gasteiger partial charge is 0.330 e. The van der Waals surface area contributed by atoms with Crippen LogP contribution in [0.4, 0.5) is 0 Å². The van der Waals surface area contributed by atoms with Crippen molar-refractivity contribution in [3.63, 3.8) is 0 Å². The lowest BCUT2D eigenvalue weighted by Gasteiger charge is -2.13. The van der Waals surface area contributed by atoms with Crippen LogP contribution < -0.4 is 0 Å². The maximum atomic E-state index is 11.6. The molecule has 0 aliphatic heterocycles. The van der Waals surface area contributed by atoms with Crippen LogP contribution in [0, 0.1) is 0 Å². The monoisotopic (exact) mass is 366 g/mol. The van der Waals surface area contributed by atoms with Gasteiger partial charge in [-0.2, -0.15) is 0 Å². The van der Waals surface area contributed by atoms with E-state index in [4.69, 9.17) is 4.74 Å². The summed E-state index contributed by atoms with van der Waals surface area (Å²) < 4.78 is 6.12. The fourth-order valence-electron chi connectivity index (χ4n) is 2.44. The first-order valence-corrected chi connectivity index (χ1v) is 9.07. The van der Waals surface area contributed by atoms with Gasteiger partial charge in [-0.3, -0.25) is 0 Å². The molecular weight excluding hydrogens is 340 g/mol. The highest BCUT2D eigenvalue weighted by Crippen LogP contribution is 2.26. The van der Waals surface area contributed by atoms with Gasteiger partial charge in [0.05, 0.1) is 6.61 Å². The molecule has 0 saturated carbocycles. The number of ether oxygens (including phenoxy) is 1. The van der Waals surface area contributed by atoms with E-state index in [2.05, 4.69) is 41.9 Å². The van der Waals surface area contributed by atoms with Gasteiger partial charge < -0.3 is 4.74 Å². The number of hydrogen-bond acceptors (Lipinski definition) is 2. The fraction of sp³-hybridized carbons (Fsp3) is 0.526. The Hall–Kier alpha value is -1.09. The lowest BCUT2D eigenvalue weighted by atomic mass is 9.94. The molecule has 0 heterocycles. The summed E-state index contributed by atoms with van der Waals surface area (Å²) in [6.45, 7) is 6.63. The molecule has 0 saturated heterocycles. The molecule has 0 radical (unpaired) electrons. The van der Waals surface area contributed by atoms with E-state index in [1.807, 2.05) is 13.0 Å². The van der Waals surface area contributed by atoms with Crippen molar-refractivity contribution in [2.45, 2.75) is 59.3 Å². The summed E-state index contributed by atoms with van der Waals surface area (Å²) >= 11 is 3.62. The van der Waals surface area contributed by atoms with E-state index in [1.165, 1.54) is 16.7 Å². The van der Waals surface area contributed by atoms with E-state index in [0.29, 0.717) is 6.61 Å².